The Morgan fingerprint density at radius 2 is 1.62 bits per heavy atom. The number of hydrogen-bond donors (Lipinski definition) is 2. The highest BCUT2D eigenvalue weighted by Crippen LogP contribution is 2.46. The average molecular weight is 221 g/mol. The number of fused-ring (bicyclic) bond motifs is 1. The molecule has 0 unspecified atom stereocenters. The molecule has 0 atom stereocenters. The zero-order chi connectivity index (χ0) is 11.1. The van der Waals surface area contributed by atoms with E-state index < -0.39 is 0 Å². The van der Waals surface area contributed by atoms with E-state index in [9.17, 15) is 10.2 Å². The third-order valence-electron chi connectivity index (χ3n) is 4.13. The molecule has 0 bridgehead atoms. The topological polar surface area (TPSA) is 45.4 Å². The fourth-order valence-electron chi connectivity index (χ4n) is 2.99. The first kappa shape index (κ1) is 10.1. The number of hydrogen-bond acceptors (Lipinski definition) is 2. The Morgan fingerprint density at radius 3 is 2.25 bits per heavy atom. The molecule has 0 saturated heterocycles. The normalized spacial score (nSPS) is 19.8. The minimum absolute atomic E-state index is 0.309. The monoisotopic (exact) mass is 221 g/mol. The van der Waals surface area contributed by atoms with Crippen molar-refractivity contribution in [1.82, 2.24) is 4.57 Å². The van der Waals surface area contributed by atoms with Crippen molar-refractivity contribution in [3.05, 3.63) is 11.1 Å². The Kier molecular flexibility index (Phi) is 2.34. The van der Waals surface area contributed by atoms with Crippen molar-refractivity contribution in [2.24, 2.45) is 5.92 Å². The van der Waals surface area contributed by atoms with Crippen molar-refractivity contribution in [3.63, 3.8) is 0 Å². The standard InChI is InChI=1S/C13H19NO2/c15-12-10-8-11(10)13(16)14(12)7-6-9-4-2-1-3-5-9/h9,15-16H,1-8H2. The van der Waals surface area contributed by atoms with Gasteiger partial charge in [-0.25, -0.2) is 0 Å². The van der Waals surface area contributed by atoms with E-state index in [-0.39, 0.29) is 0 Å². The van der Waals surface area contributed by atoms with Crippen molar-refractivity contribution >= 4 is 0 Å². The summed E-state index contributed by atoms with van der Waals surface area (Å²) in [5.41, 5.74) is 1.92. The van der Waals surface area contributed by atoms with Crippen LogP contribution in [0.4, 0.5) is 0 Å². The van der Waals surface area contributed by atoms with Crippen LogP contribution in [-0.2, 0) is 13.0 Å². The van der Waals surface area contributed by atoms with Crippen molar-refractivity contribution in [1.29, 1.82) is 0 Å². The van der Waals surface area contributed by atoms with Gasteiger partial charge < -0.3 is 10.2 Å². The van der Waals surface area contributed by atoms with E-state index >= 15 is 0 Å². The van der Waals surface area contributed by atoms with Crippen LogP contribution in [0.3, 0.4) is 0 Å². The Morgan fingerprint density at radius 1 is 1.00 bits per heavy atom. The van der Waals surface area contributed by atoms with Gasteiger partial charge in [0.1, 0.15) is 0 Å². The maximum atomic E-state index is 9.80. The maximum Gasteiger partial charge on any atom is 0.197 e. The third kappa shape index (κ3) is 1.58. The summed E-state index contributed by atoms with van der Waals surface area (Å²) >= 11 is 0. The molecular weight excluding hydrogens is 202 g/mol. The molecule has 0 aliphatic heterocycles. The smallest absolute Gasteiger partial charge is 0.197 e. The van der Waals surface area contributed by atoms with Crippen LogP contribution >= 0.6 is 0 Å². The summed E-state index contributed by atoms with van der Waals surface area (Å²) in [4.78, 5) is 0. The van der Waals surface area contributed by atoms with Gasteiger partial charge >= 0.3 is 0 Å². The van der Waals surface area contributed by atoms with Crippen LogP contribution in [0.1, 0.15) is 49.7 Å². The van der Waals surface area contributed by atoms with Crippen LogP contribution in [0, 0.1) is 5.92 Å². The number of rotatable bonds is 3. The van der Waals surface area contributed by atoms with Crippen molar-refractivity contribution in [2.75, 3.05) is 0 Å². The van der Waals surface area contributed by atoms with Crippen molar-refractivity contribution in [2.45, 2.75) is 51.5 Å². The molecule has 88 valence electrons. The minimum atomic E-state index is 0.309. The molecule has 1 aromatic rings. The molecular formula is C13H19NO2. The van der Waals surface area contributed by atoms with Gasteiger partial charge in [0.25, 0.3) is 0 Å². The Balaban J connectivity index is 1.62. The lowest BCUT2D eigenvalue weighted by atomic mass is 9.87. The van der Waals surface area contributed by atoms with Crippen LogP contribution in [0.15, 0.2) is 0 Å². The lowest BCUT2D eigenvalue weighted by Gasteiger charge is -2.22. The van der Waals surface area contributed by atoms with Crippen molar-refractivity contribution < 1.29 is 10.2 Å². The number of nitrogens with zero attached hydrogens (tertiary/aromatic N) is 1. The van der Waals surface area contributed by atoms with E-state index in [1.807, 2.05) is 0 Å². The molecule has 0 radical (unpaired) electrons. The molecule has 1 saturated carbocycles. The molecule has 3 heteroatoms. The Bertz CT molecular complexity index is 377. The largest absolute Gasteiger partial charge is 0.494 e. The average Bonchev–Trinajstić information content (AvgIpc) is 3.05. The molecule has 1 aromatic heterocycles. The summed E-state index contributed by atoms with van der Waals surface area (Å²) in [6, 6.07) is 0. The van der Waals surface area contributed by atoms with Crippen LogP contribution < -0.4 is 0 Å². The first-order valence-electron chi connectivity index (χ1n) is 6.39. The van der Waals surface area contributed by atoms with E-state index in [0.29, 0.717) is 11.8 Å². The Labute approximate surface area is 95.7 Å². The second kappa shape index (κ2) is 3.72. The summed E-state index contributed by atoms with van der Waals surface area (Å²) in [6.07, 6.45) is 8.61. The minimum Gasteiger partial charge on any atom is -0.494 e. The first-order valence-corrected chi connectivity index (χ1v) is 6.39. The van der Waals surface area contributed by atoms with Gasteiger partial charge in [-0.15, -0.1) is 0 Å². The molecule has 1 fully saturated rings. The molecule has 0 spiro atoms. The number of aromatic hydroxyl groups is 2. The summed E-state index contributed by atoms with van der Waals surface area (Å²) < 4.78 is 1.68. The van der Waals surface area contributed by atoms with Gasteiger partial charge in [0, 0.05) is 24.1 Å². The molecule has 0 aromatic carbocycles. The zero-order valence-electron chi connectivity index (χ0n) is 9.58. The quantitative estimate of drug-likeness (QED) is 0.837. The summed E-state index contributed by atoms with van der Waals surface area (Å²) in [6.45, 7) is 0.773. The van der Waals surface area contributed by atoms with E-state index in [4.69, 9.17) is 0 Å². The lowest BCUT2D eigenvalue weighted by molar-refractivity contribution is 0.299. The highest BCUT2D eigenvalue weighted by molar-refractivity contribution is 5.59. The van der Waals surface area contributed by atoms with Crippen LogP contribution in [0.2, 0.25) is 0 Å². The molecule has 3 rings (SSSR count). The van der Waals surface area contributed by atoms with E-state index in [0.717, 1.165) is 36.4 Å². The fraction of sp³-hybridized carbons (Fsp3) is 0.692. The van der Waals surface area contributed by atoms with Gasteiger partial charge in [0.05, 0.1) is 0 Å². The van der Waals surface area contributed by atoms with Crippen LogP contribution in [0.25, 0.3) is 0 Å². The summed E-state index contributed by atoms with van der Waals surface area (Å²) in [7, 11) is 0. The molecule has 2 N–H and O–H groups in total. The molecule has 3 nitrogen and oxygen atoms in total. The van der Waals surface area contributed by atoms with Crippen LogP contribution in [-0.4, -0.2) is 14.8 Å². The zero-order valence-corrected chi connectivity index (χ0v) is 9.58. The molecule has 2 aliphatic rings. The van der Waals surface area contributed by atoms with E-state index in [1.165, 1.54) is 32.1 Å². The third-order valence-corrected chi connectivity index (χ3v) is 4.13. The molecule has 0 amide bonds. The maximum absolute atomic E-state index is 9.80. The molecule has 2 aliphatic carbocycles. The highest BCUT2D eigenvalue weighted by Gasteiger charge is 2.32. The predicted molar refractivity (Wildman–Crippen MR) is 61.8 cm³/mol. The summed E-state index contributed by atoms with van der Waals surface area (Å²) in [5.74, 6) is 1.41. The first-order chi connectivity index (χ1) is 7.77. The predicted octanol–water partition coefficient (Wildman–Crippen LogP) is 2.77. The molecule has 1 heterocycles. The highest BCUT2D eigenvalue weighted by atomic mass is 16.3. The Hall–Kier alpha value is -1.12. The SMILES string of the molecule is Oc1c2c(c(O)n1CCC1CCCCC1)C2. The van der Waals surface area contributed by atoms with Crippen LogP contribution in [0.5, 0.6) is 11.8 Å². The van der Waals surface area contributed by atoms with E-state index in [1.54, 1.807) is 4.57 Å². The second-order valence-corrected chi connectivity index (χ2v) is 5.23. The van der Waals surface area contributed by atoms with Gasteiger partial charge in [-0.2, -0.15) is 0 Å². The fourth-order valence-corrected chi connectivity index (χ4v) is 2.99. The summed E-state index contributed by atoms with van der Waals surface area (Å²) in [5, 5.41) is 19.6. The lowest BCUT2D eigenvalue weighted by Crippen LogP contribution is -2.10. The molecule has 16 heavy (non-hydrogen) atoms. The van der Waals surface area contributed by atoms with Gasteiger partial charge in [0.15, 0.2) is 11.8 Å². The van der Waals surface area contributed by atoms with Gasteiger partial charge in [-0.3, -0.25) is 4.57 Å². The van der Waals surface area contributed by atoms with Gasteiger partial charge in [-0.1, -0.05) is 32.1 Å². The number of aromatic nitrogens is 1. The van der Waals surface area contributed by atoms with E-state index in [2.05, 4.69) is 0 Å². The van der Waals surface area contributed by atoms with Crippen molar-refractivity contribution in [3.8, 4) is 11.8 Å². The van der Waals surface area contributed by atoms with Gasteiger partial charge in [0.2, 0.25) is 0 Å². The van der Waals surface area contributed by atoms with Gasteiger partial charge in [-0.05, 0) is 12.3 Å². The second-order valence-electron chi connectivity index (χ2n) is 5.23.